The zero-order valence-electron chi connectivity index (χ0n) is 15.0. The Balaban J connectivity index is 2.09. The highest BCUT2D eigenvalue weighted by Gasteiger charge is 2.22. The van der Waals surface area contributed by atoms with Gasteiger partial charge >= 0.3 is 11.7 Å². The van der Waals surface area contributed by atoms with Crippen molar-refractivity contribution in [3.8, 4) is 11.5 Å². The minimum absolute atomic E-state index is 0.0844. The van der Waals surface area contributed by atoms with Crippen LogP contribution in [-0.2, 0) is 17.1 Å². The van der Waals surface area contributed by atoms with Gasteiger partial charge in [0, 0.05) is 25.2 Å². The Kier molecular flexibility index (Phi) is 4.77. The number of fused-ring (bicyclic) bond motifs is 1. The molecule has 0 saturated heterocycles. The quantitative estimate of drug-likeness (QED) is 0.628. The number of nitrogens with one attached hydrogen (secondary N) is 1. The molecule has 0 aliphatic rings. The van der Waals surface area contributed by atoms with E-state index in [-0.39, 0.29) is 33.2 Å². The van der Waals surface area contributed by atoms with Crippen LogP contribution < -0.4 is 20.0 Å². The lowest BCUT2D eigenvalue weighted by Gasteiger charge is -2.14. The van der Waals surface area contributed by atoms with Gasteiger partial charge in [0.25, 0.3) is 10.0 Å². The van der Waals surface area contributed by atoms with E-state index in [1.165, 1.54) is 50.1 Å². The highest BCUT2D eigenvalue weighted by Crippen LogP contribution is 2.34. The lowest BCUT2D eigenvalue weighted by Crippen LogP contribution is -2.16. The Morgan fingerprint density at radius 1 is 1.14 bits per heavy atom. The number of rotatable bonds is 6. The summed E-state index contributed by atoms with van der Waals surface area (Å²) in [5.74, 6) is -1.71. The van der Waals surface area contributed by atoms with E-state index in [9.17, 15) is 23.1 Å². The van der Waals surface area contributed by atoms with E-state index in [2.05, 4.69) is 4.72 Å². The summed E-state index contributed by atoms with van der Waals surface area (Å²) < 4.78 is 44.1. The van der Waals surface area contributed by atoms with Crippen LogP contribution >= 0.6 is 0 Å². The number of nitrogens with zero attached hydrogens (tertiary/aromatic N) is 1. The third-order valence-corrected chi connectivity index (χ3v) is 5.44. The summed E-state index contributed by atoms with van der Waals surface area (Å²) in [6, 6.07) is 6.24. The molecule has 148 valence electrons. The molecule has 1 aromatic heterocycles. The van der Waals surface area contributed by atoms with Gasteiger partial charge in [-0.25, -0.2) is 18.0 Å². The first-order valence-corrected chi connectivity index (χ1v) is 9.28. The van der Waals surface area contributed by atoms with Crippen molar-refractivity contribution in [3.63, 3.8) is 0 Å². The van der Waals surface area contributed by atoms with Crippen molar-refractivity contribution < 1.29 is 32.2 Å². The molecule has 0 spiro atoms. The Morgan fingerprint density at radius 3 is 2.39 bits per heavy atom. The van der Waals surface area contributed by atoms with Gasteiger partial charge in [0.15, 0.2) is 17.1 Å². The molecular formula is C17H16N2O8S. The molecule has 0 saturated carbocycles. The second-order valence-electron chi connectivity index (χ2n) is 5.72. The fraction of sp³-hybridized carbons (Fsp3) is 0.176. The molecule has 0 radical (unpaired) electrons. The van der Waals surface area contributed by atoms with Crippen molar-refractivity contribution in [3.05, 3.63) is 46.4 Å². The molecule has 2 aromatic carbocycles. The number of methoxy groups -OCH3 is 2. The van der Waals surface area contributed by atoms with Gasteiger partial charge in [0.1, 0.15) is 0 Å². The molecule has 3 aromatic rings. The summed E-state index contributed by atoms with van der Waals surface area (Å²) in [6.07, 6.45) is 0. The summed E-state index contributed by atoms with van der Waals surface area (Å²) in [7, 11) is -0.0357. The second kappa shape index (κ2) is 6.93. The maximum Gasteiger partial charge on any atom is 0.419 e. The number of sulfonamides is 1. The maximum atomic E-state index is 12.8. The highest BCUT2D eigenvalue weighted by molar-refractivity contribution is 7.92. The Hall–Kier alpha value is -3.47. The zero-order valence-corrected chi connectivity index (χ0v) is 15.9. The van der Waals surface area contributed by atoms with Crippen LogP contribution in [0, 0.1) is 0 Å². The number of hydrogen-bond acceptors (Lipinski definition) is 7. The van der Waals surface area contributed by atoms with Crippen LogP contribution in [0.3, 0.4) is 0 Å². The molecule has 11 heteroatoms. The number of hydrogen-bond donors (Lipinski definition) is 2. The number of aromatic nitrogens is 1. The normalized spacial score (nSPS) is 11.4. The summed E-state index contributed by atoms with van der Waals surface area (Å²) >= 11 is 0. The minimum atomic E-state index is -4.19. The molecule has 0 fully saturated rings. The van der Waals surface area contributed by atoms with Gasteiger partial charge in [-0.05, 0) is 12.1 Å². The molecule has 28 heavy (non-hydrogen) atoms. The molecule has 0 aliphatic carbocycles. The van der Waals surface area contributed by atoms with Gasteiger partial charge in [-0.1, -0.05) is 0 Å². The first kappa shape index (κ1) is 19.3. The third-order valence-electron chi connectivity index (χ3n) is 4.07. The third kappa shape index (κ3) is 3.27. The molecule has 0 atom stereocenters. The summed E-state index contributed by atoms with van der Waals surface area (Å²) in [6.45, 7) is 0. The fourth-order valence-electron chi connectivity index (χ4n) is 2.63. The van der Waals surface area contributed by atoms with Crippen LogP contribution in [0.1, 0.15) is 10.4 Å². The number of oxazole rings is 1. The van der Waals surface area contributed by atoms with E-state index >= 15 is 0 Å². The first-order valence-electron chi connectivity index (χ1n) is 7.79. The van der Waals surface area contributed by atoms with Gasteiger partial charge in [-0.15, -0.1) is 0 Å². The Morgan fingerprint density at radius 2 is 1.79 bits per heavy atom. The number of aryl methyl sites for hydroxylation is 1. The number of carboxylic acids is 1. The molecule has 1 heterocycles. The summed E-state index contributed by atoms with van der Waals surface area (Å²) in [4.78, 5) is 22.9. The average molecular weight is 408 g/mol. The van der Waals surface area contributed by atoms with E-state index in [4.69, 9.17) is 13.9 Å². The van der Waals surface area contributed by atoms with Gasteiger partial charge in [-0.3, -0.25) is 9.29 Å². The largest absolute Gasteiger partial charge is 0.493 e. The van der Waals surface area contributed by atoms with Crippen molar-refractivity contribution in [2.45, 2.75) is 4.90 Å². The van der Waals surface area contributed by atoms with Crippen molar-refractivity contribution in [1.29, 1.82) is 0 Å². The minimum Gasteiger partial charge on any atom is -0.493 e. The van der Waals surface area contributed by atoms with Gasteiger partial charge in [0.05, 0.1) is 35.9 Å². The number of anilines is 1. The second-order valence-corrected chi connectivity index (χ2v) is 7.40. The van der Waals surface area contributed by atoms with E-state index in [1.807, 2.05) is 0 Å². The van der Waals surface area contributed by atoms with Crippen LogP contribution in [0.2, 0.25) is 0 Å². The van der Waals surface area contributed by atoms with Gasteiger partial charge in [-0.2, -0.15) is 0 Å². The fourth-order valence-corrected chi connectivity index (χ4v) is 3.71. The monoisotopic (exact) mass is 408 g/mol. The summed E-state index contributed by atoms with van der Waals surface area (Å²) in [5, 5.41) is 9.41. The molecule has 3 rings (SSSR count). The van der Waals surface area contributed by atoms with E-state index in [1.54, 1.807) is 0 Å². The predicted octanol–water partition coefficient (Wildman–Crippen LogP) is 1.65. The van der Waals surface area contributed by atoms with E-state index in [0.717, 1.165) is 6.07 Å². The van der Waals surface area contributed by atoms with Crippen LogP contribution in [0.15, 0.2) is 44.4 Å². The maximum absolute atomic E-state index is 12.8. The standard InChI is InChI=1S/C17H16N2O8S/c1-19-12-5-4-9(6-13(12)27-17(19)22)28(23,24)18-11-8-15(26-3)14(25-2)7-10(11)16(20)21/h4-8,18H,1-3H3,(H,20,21). The number of carboxylic acid groups (broad SMARTS) is 1. The number of ether oxygens (including phenoxy) is 2. The SMILES string of the molecule is COc1cc(NS(=O)(=O)c2ccc3c(c2)oc(=O)n3C)c(C(=O)O)cc1OC. The van der Waals surface area contributed by atoms with Crippen molar-refractivity contribution in [2.75, 3.05) is 18.9 Å². The molecule has 0 amide bonds. The average Bonchev–Trinajstić information content (AvgIpc) is 2.94. The van der Waals surface area contributed by atoms with Gasteiger partial charge < -0.3 is 19.0 Å². The van der Waals surface area contributed by atoms with E-state index in [0.29, 0.717) is 5.52 Å². The topological polar surface area (TPSA) is 137 Å². The highest BCUT2D eigenvalue weighted by atomic mass is 32.2. The molecular weight excluding hydrogens is 392 g/mol. The molecule has 0 aliphatic heterocycles. The molecule has 0 unspecified atom stereocenters. The van der Waals surface area contributed by atoms with Crippen molar-refractivity contribution >= 4 is 32.8 Å². The molecule has 10 nitrogen and oxygen atoms in total. The lowest BCUT2D eigenvalue weighted by atomic mass is 10.1. The van der Waals surface area contributed by atoms with Gasteiger partial charge in [0.2, 0.25) is 0 Å². The number of aromatic carboxylic acids is 1. The predicted molar refractivity (Wildman–Crippen MR) is 98.8 cm³/mol. The smallest absolute Gasteiger partial charge is 0.419 e. The number of benzene rings is 2. The number of carbonyl (C=O) groups is 1. The first-order chi connectivity index (χ1) is 13.2. The zero-order chi connectivity index (χ0) is 20.6. The van der Waals surface area contributed by atoms with Crippen LogP contribution in [0.25, 0.3) is 11.1 Å². The van der Waals surface area contributed by atoms with Crippen LogP contribution in [-0.4, -0.2) is 38.3 Å². The van der Waals surface area contributed by atoms with Crippen molar-refractivity contribution in [1.82, 2.24) is 4.57 Å². The van der Waals surface area contributed by atoms with Crippen LogP contribution in [0.4, 0.5) is 5.69 Å². The molecule has 0 bridgehead atoms. The van der Waals surface area contributed by atoms with Crippen molar-refractivity contribution in [2.24, 2.45) is 7.05 Å². The summed E-state index contributed by atoms with van der Waals surface area (Å²) in [5.41, 5.74) is -0.0317. The Labute approximate surface area is 159 Å². The van der Waals surface area contributed by atoms with Crippen LogP contribution in [0.5, 0.6) is 11.5 Å². The van der Waals surface area contributed by atoms with E-state index < -0.39 is 21.7 Å². The molecule has 2 N–H and O–H groups in total. The Bertz CT molecular complexity index is 1240. The lowest BCUT2D eigenvalue weighted by molar-refractivity contribution is 0.0697.